The minimum Gasteiger partial charge on any atom is -0.353 e. The Kier molecular flexibility index (Phi) is 3.83. The van der Waals surface area contributed by atoms with Gasteiger partial charge >= 0.3 is 5.69 Å². The van der Waals surface area contributed by atoms with Crippen LogP contribution in [0.15, 0.2) is 23.6 Å². The fourth-order valence-corrected chi connectivity index (χ4v) is 3.34. The number of fused-ring (bicyclic) bond motifs is 1. The largest absolute Gasteiger partial charge is 0.353 e. The quantitative estimate of drug-likeness (QED) is 0.744. The molecular formula is C16H20N8O. The zero-order valence-corrected chi connectivity index (χ0v) is 14.3. The van der Waals surface area contributed by atoms with Crippen molar-refractivity contribution in [3.63, 3.8) is 0 Å². The second-order valence-corrected chi connectivity index (χ2v) is 6.07. The SMILES string of the molecule is CCn1c(=O)[nH]c2c(N3CCN(c4ncncc4C)CC3)ncnc21. The molecule has 0 saturated carbocycles. The van der Waals surface area contributed by atoms with Gasteiger partial charge in [-0.2, -0.15) is 0 Å². The third-order valence-electron chi connectivity index (χ3n) is 4.60. The summed E-state index contributed by atoms with van der Waals surface area (Å²) in [6.07, 6.45) is 4.94. The van der Waals surface area contributed by atoms with Gasteiger partial charge in [0.05, 0.1) is 0 Å². The number of rotatable bonds is 3. The van der Waals surface area contributed by atoms with Crippen molar-refractivity contribution in [2.75, 3.05) is 36.0 Å². The maximum absolute atomic E-state index is 12.1. The molecule has 4 heterocycles. The van der Waals surface area contributed by atoms with Crippen LogP contribution in [-0.2, 0) is 6.54 Å². The molecule has 130 valence electrons. The molecule has 0 amide bonds. The Morgan fingerprint density at radius 2 is 1.72 bits per heavy atom. The number of anilines is 2. The van der Waals surface area contributed by atoms with Crippen molar-refractivity contribution in [3.8, 4) is 0 Å². The summed E-state index contributed by atoms with van der Waals surface area (Å²) in [7, 11) is 0. The molecule has 9 heteroatoms. The third-order valence-corrected chi connectivity index (χ3v) is 4.60. The van der Waals surface area contributed by atoms with Gasteiger partial charge in [-0.25, -0.2) is 24.7 Å². The molecule has 0 aromatic carbocycles. The lowest BCUT2D eigenvalue weighted by molar-refractivity contribution is 0.640. The van der Waals surface area contributed by atoms with Gasteiger partial charge in [0.15, 0.2) is 11.5 Å². The number of hydrogen-bond donors (Lipinski definition) is 1. The molecular weight excluding hydrogens is 320 g/mol. The zero-order valence-electron chi connectivity index (χ0n) is 14.3. The van der Waals surface area contributed by atoms with Crippen molar-refractivity contribution >= 4 is 22.8 Å². The number of aromatic amines is 1. The van der Waals surface area contributed by atoms with Crippen LogP contribution >= 0.6 is 0 Å². The Balaban J connectivity index is 1.60. The average molecular weight is 340 g/mol. The summed E-state index contributed by atoms with van der Waals surface area (Å²) >= 11 is 0. The van der Waals surface area contributed by atoms with E-state index in [-0.39, 0.29) is 5.69 Å². The van der Waals surface area contributed by atoms with Gasteiger partial charge in [-0.1, -0.05) is 0 Å². The Hall–Kier alpha value is -2.97. The molecule has 3 aromatic rings. The molecule has 3 aromatic heterocycles. The van der Waals surface area contributed by atoms with Crippen LogP contribution in [0.2, 0.25) is 0 Å². The van der Waals surface area contributed by atoms with E-state index in [4.69, 9.17) is 0 Å². The number of aryl methyl sites for hydroxylation is 2. The summed E-state index contributed by atoms with van der Waals surface area (Å²) in [5, 5.41) is 0. The van der Waals surface area contributed by atoms with Crippen LogP contribution in [0.5, 0.6) is 0 Å². The Morgan fingerprint density at radius 1 is 1.04 bits per heavy atom. The summed E-state index contributed by atoms with van der Waals surface area (Å²) in [5.74, 6) is 1.77. The first-order chi connectivity index (χ1) is 12.2. The fourth-order valence-electron chi connectivity index (χ4n) is 3.34. The van der Waals surface area contributed by atoms with Gasteiger partial charge in [0.2, 0.25) is 0 Å². The van der Waals surface area contributed by atoms with Crippen LogP contribution in [0.3, 0.4) is 0 Å². The second-order valence-electron chi connectivity index (χ2n) is 6.07. The van der Waals surface area contributed by atoms with Crippen molar-refractivity contribution < 1.29 is 0 Å². The van der Waals surface area contributed by atoms with Crippen LogP contribution in [0.1, 0.15) is 12.5 Å². The van der Waals surface area contributed by atoms with E-state index in [1.165, 1.54) is 6.33 Å². The Labute approximate surface area is 144 Å². The highest BCUT2D eigenvalue weighted by Crippen LogP contribution is 2.23. The van der Waals surface area contributed by atoms with Crippen molar-refractivity contribution in [1.82, 2.24) is 29.5 Å². The number of hydrogen-bond acceptors (Lipinski definition) is 7. The molecule has 0 atom stereocenters. The van der Waals surface area contributed by atoms with Gasteiger partial charge in [-0.15, -0.1) is 0 Å². The molecule has 0 radical (unpaired) electrons. The van der Waals surface area contributed by atoms with E-state index in [0.717, 1.165) is 43.4 Å². The van der Waals surface area contributed by atoms with Crippen LogP contribution < -0.4 is 15.5 Å². The fraction of sp³-hybridized carbons (Fsp3) is 0.438. The number of H-pyrrole nitrogens is 1. The van der Waals surface area contributed by atoms with E-state index in [9.17, 15) is 4.79 Å². The molecule has 0 aliphatic carbocycles. The van der Waals surface area contributed by atoms with Gasteiger partial charge in [0.25, 0.3) is 0 Å². The highest BCUT2D eigenvalue weighted by molar-refractivity contribution is 5.83. The van der Waals surface area contributed by atoms with Gasteiger partial charge in [-0.05, 0) is 13.8 Å². The first-order valence-corrected chi connectivity index (χ1v) is 8.39. The minimum atomic E-state index is -0.144. The molecule has 0 unspecified atom stereocenters. The highest BCUT2D eigenvalue weighted by Gasteiger charge is 2.23. The Bertz CT molecular complexity index is 954. The van der Waals surface area contributed by atoms with E-state index in [0.29, 0.717) is 17.7 Å². The predicted molar refractivity (Wildman–Crippen MR) is 95.0 cm³/mol. The summed E-state index contributed by atoms with van der Waals surface area (Å²) in [6, 6.07) is 0. The summed E-state index contributed by atoms with van der Waals surface area (Å²) in [5.41, 5.74) is 2.30. The summed E-state index contributed by atoms with van der Waals surface area (Å²) in [4.78, 5) is 36.6. The van der Waals surface area contributed by atoms with Crippen molar-refractivity contribution in [1.29, 1.82) is 0 Å². The number of piperazine rings is 1. The maximum Gasteiger partial charge on any atom is 0.327 e. The predicted octanol–water partition coefficient (Wildman–Crippen LogP) is 0.565. The number of nitrogens with zero attached hydrogens (tertiary/aromatic N) is 7. The number of imidazole rings is 1. The number of nitrogens with one attached hydrogen (secondary N) is 1. The molecule has 9 nitrogen and oxygen atoms in total. The molecule has 4 rings (SSSR count). The average Bonchev–Trinajstić information content (AvgIpc) is 2.97. The lowest BCUT2D eigenvalue weighted by Crippen LogP contribution is -2.47. The molecule has 1 aliphatic rings. The monoisotopic (exact) mass is 340 g/mol. The zero-order chi connectivity index (χ0) is 17.4. The molecule has 1 saturated heterocycles. The first kappa shape index (κ1) is 15.6. The maximum atomic E-state index is 12.1. The normalized spacial score (nSPS) is 15.1. The summed E-state index contributed by atoms with van der Waals surface area (Å²) in [6.45, 7) is 7.80. The van der Waals surface area contributed by atoms with Crippen molar-refractivity contribution in [3.05, 3.63) is 34.9 Å². The second kappa shape index (κ2) is 6.15. The van der Waals surface area contributed by atoms with Crippen LogP contribution in [0, 0.1) is 6.92 Å². The number of aromatic nitrogens is 6. The lowest BCUT2D eigenvalue weighted by atomic mass is 10.2. The topological polar surface area (TPSA) is 95.8 Å². The molecule has 1 aliphatic heterocycles. The lowest BCUT2D eigenvalue weighted by Gasteiger charge is -2.36. The van der Waals surface area contributed by atoms with E-state index < -0.39 is 0 Å². The molecule has 1 N–H and O–H groups in total. The van der Waals surface area contributed by atoms with Gasteiger partial charge in [0, 0.05) is 44.5 Å². The van der Waals surface area contributed by atoms with E-state index in [1.54, 1.807) is 10.9 Å². The first-order valence-electron chi connectivity index (χ1n) is 8.39. The molecule has 0 bridgehead atoms. The summed E-state index contributed by atoms with van der Waals surface area (Å²) < 4.78 is 1.63. The van der Waals surface area contributed by atoms with Gasteiger partial charge in [0.1, 0.15) is 24.0 Å². The van der Waals surface area contributed by atoms with Gasteiger partial charge < -0.3 is 14.8 Å². The van der Waals surface area contributed by atoms with Gasteiger partial charge in [-0.3, -0.25) is 4.57 Å². The van der Waals surface area contributed by atoms with E-state index in [1.807, 2.05) is 20.0 Å². The Morgan fingerprint density at radius 3 is 2.40 bits per heavy atom. The smallest absolute Gasteiger partial charge is 0.327 e. The van der Waals surface area contributed by atoms with Crippen LogP contribution in [0.4, 0.5) is 11.6 Å². The highest BCUT2D eigenvalue weighted by atomic mass is 16.1. The molecule has 0 spiro atoms. The van der Waals surface area contributed by atoms with Crippen molar-refractivity contribution in [2.45, 2.75) is 20.4 Å². The van der Waals surface area contributed by atoms with Crippen LogP contribution in [0.25, 0.3) is 11.2 Å². The third kappa shape index (κ3) is 2.61. The van der Waals surface area contributed by atoms with E-state index >= 15 is 0 Å². The standard InChI is InChI=1S/C16H20N8O/c1-3-24-15-12(21-16(24)25)14(19-10-20-15)23-6-4-22(5-7-23)13-11(2)8-17-9-18-13/h8-10H,3-7H2,1-2H3,(H,21,25). The minimum absolute atomic E-state index is 0.144. The molecule has 1 fully saturated rings. The molecule has 25 heavy (non-hydrogen) atoms. The van der Waals surface area contributed by atoms with E-state index in [2.05, 4.69) is 34.7 Å². The van der Waals surface area contributed by atoms with Crippen molar-refractivity contribution in [2.24, 2.45) is 0 Å². The van der Waals surface area contributed by atoms with Crippen LogP contribution in [-0.4, -0.2) is 55.7 Å².